The Kier molecular flexibility index (Phi) is 7.69. The predicted octanol–water partition coefficient (Wildman–Crippen LogP) is 4.32. The van der Waals surface area contributed by atoms with Crippen LogP contribution in [0.5, 0.6) is 0 Å². The number of allylic oxidation sites excluding steroid dienone is 1. The van der Waals surface area contributed by atoms with Gasteiger partial charge >= 0.3 is 0 Å². The number of pyridine rings is 1. The molecule has 2 amide bonds. The summed E-state index contributed by atoms with van der Waals surface area (Å²) in [5.74, 6) is 0.254. The summed E-state index contributed by atoms with van der Waals surface area (Å²) in [6.07, 6.45) is 11.3. The minimum Gasteiger partial charge on any atom is -0.375 e. The van der Waals surface area contributed by atoms with Crippen LogP contribution in [0.2, 0.25) is 0 Å². The fraction of sp³-hybridized carbons (Fsp3) is 0.385. The van der Waals surface area contributed by atoms with Crippen molar-refractivity contribution in [2.45, 2.75) is 45.6 Å². The Morgan fingerprint density at radius 3 is 2.82 bits per heavy atom. The van der Waals surface area contributed by atoms with Crippen molar-refractivity contribution in [1.82, 2.24) is 19.9 Å². The Bertz CT molecular complexity index is 1200. The zero-order valence-electron chi connectivity index (χ0n) is 19.8. The number of benzene rings is 1. The molecule has 2 N–H and O–H groups in total. The van der Waals surface area contributed by atoms with E-state index in [1.54, 1.807) is 24.5 Å². The minimum absolute atomic E-state index is 0.0704. The fourth-order valence-electron chi connectivity index (χ4n) is 4.43. The fourth-order valence-corrected chi connectivity index (χ4v) is 4.43. The molecule has 0 atom stereocenters. The van der Waals surface area contributed by atoms with Gasteiger partial charge in [-0.05, 0) is 63.3 Å². The van der Waals surface area contributed by atoms with Crippen molar-refractivity contribution in [3.8, 4) is 11.4 Å². The highest BCUT2D eigenvalue weighted by Crippen LogP contribution is 2.30. The second kappa shape index (κ2) is 11.1. The van der Waals surface area contributed by atoms with E-state index in [0.29, 0.717) is 29.9 Å². The highest BCUT2D eigenvalue weighted by Gasteiger charge is 2.21. The van der Waals surface area contributed by atoms with E-state index in [-0.39, 0.29) is 18.4 Å². The summed E-state index contributed by atoms with van der Waals surface area (Å²) in [6, 6.07) is 7.31. The van der Waals surface area contributed by atoms with Crippen LogP contribution in [0, 0.1) is 0 Å². The average molecular weight is 462 g/mol. The van der Waals surface area contributed by atoms with Gasteiger partial charge in [-0.1, -0.05) is 11.6 Å². The molecule has 0 saturated carbocycles. The molecule has 8 heteroatoms. The van der Waals surface area contributed by atoms with Crippen molar-refractivity contribution >= 4 is 28.5 Å². The molecular weight excluding hydrogens is 430 g/mol. The first kappa shape index (κ1) is 23.6. The minimum atomic E-state index is -0.292. The first-order valence-corrected chi connectivity index (χ1v) is 11.8. The maximum absolute atomic E-state index is 13.4. The molecule has 2 aromatic heterocycles. The Hall–Kier alpha value is -3.52. The van der Waals surface area contributed by atoms with Crippen LogP contribution in [0.4, 0.5) is 5.69 Å². The summed E-state index contributed by atoms with van der Waals surface area (Å²) < 4.78 is 6.95. The number of aromatic nitrogens is 3. The molecule has 0 spiro atoms. The summed E-state index contributed by atoms with van der Waals surface area (Å²) in [6.45, 7) is 3.15. The maximum atomic E-state index is 13.4. The SMILES string of the molecule is CCn1c(-c2cccnc2)nc2cc(NC(=O)COC)cc(C(=O)NCCC3=CCCCC3)c21. The van der Waals surface area contributed by atoms with E-state index in [1.165, 1.54) is 25.5 Å². The van der Waals surface area contributed by atoms with Crippen LogP contribution in [0.25, 0.3) is 22.4 Å². The quantitative estimate of drug-likeness (QED) is 0.463. The molecule has 1 aliphatic carbocycles. The lowest BCUT2D eigenvalue weighted by Crippen LogP contribution is -2.26. The van der Waals surface area contributed by atoms with Gasteiger partial charge in [0, 0.05) is 43.8 Å². The lowest BCUT2D eigenvalue weighted by atomic mass is 9.97. The van der Waals surface area contributed by atoms with Crippen molar-refractivity contribution in [3.05, 3.63) is 53.9 Å². The van der Waals surface area contributed by atoms with Crippen molar-refractivity contribution < 1.29 is 14.3 Å². The van der Waals surface area contributed by atoms with Crippen LogP contribution in [0.15, 0.2) is 48.3 Å². The first-order valence-electron chi connectivity index (χ1n) is 11.8. The second-order valence-corrected chi connectivity index (χ2v) is 8.41. The topological polar surface area (TPSA) is 98.1 Å². The van der Waals surface area contributed by atoms with E-state index in [1.807, 2.05) is 23.6 Å². The van der Waals surface area contributed by atoms with E-state index >= 15 is 0 Å². The van der Waals surface area contributed by atoms with Crippen LogP contribution in [0.1, 0.15) is 49.4 Å². The number of nitrogens with one attached hydrogen (secondary N) is 2. The van der Waals surface area contributed by atoms with Crippen molar-refractivity contribution in [2.75, 3.05) is 25.6 Å². The molecule has 3 aromatic rings. The van der Waals surface area contributed by atoms with Crippen LogP contribution in [-0.4, -0.2) is 46.6 Å². The number of amides is 2. The number of nitrogens with zero attached hydrogens (tertiary/aromatic N) is 3. The van der Waals surface area contributed by atoms with Crippen LogP contribution in [-0.2, 0) is 16.1 Å². The molecule has 0 unspecified atom stereocenters. The van der Waals surface area contributed by atoms with Gasteiger partial charge in [0.2, 0.25) is 5.91 Å². The van der Waals surface area contributed by atoms with Crippen LogP contribution >= 0.6 is 0 Å². The Labute approximate surface area is 199 Å². The summed E-state index contributed by atoms with van der Waals surface area (Å²) in [7, 11) is 1.46. The van der Waals surface area contributed by atoms with Gasteiger partial charge in [0.05, 0.1) is 16.6 Å². The number of hydrogen-bond acceptors (Lipinski definition) is 5. The molecule has 1 aliphatic rings. The second-order valence-electron chi connectivity index (χ2n) is 8.41. The summed E-state index contributed by atoms with van der Waals surface area (Å²) in [5.41, 5.74) is 4.63. The molecule has 0 fully saturated rings. The van der Waals surface area contributed by atoms with Gasteiger partial charge in [-0.3, -0.25) is 14.6 Å². The Morgan fingerprint density at radius 1 is 1.24 bits per heavy atom. The van der Waals surface area contributed by atoms with Crippen LogP contribution < -0.4 is 10.6 Å². The molecule has 8 nitrogen and oxygen atoms in total. The van der Waals surface area contributed by atoms with E-state index in [2.05, 4.69) is 21.7 Å². The third kappa shape index (κ3) is 5.34. The normalized spacial score (nSPS) is 13.5. The monoisotopic (exact) mass is 461 g/mol. The smallest absolute Gasteiger partial charge is 0.253 e. The largest absolute Gasteiger partial charge is 0.375 e. The lowest BCUT2D eigenvalue weighted by molar-refractivity contribution is -0.119. The molecule has 0 saturated heterocycles. The number of rotatable bonds is 9. The van der Waals surface area contributed by atoms with E-state index in [0.717, 1.165) is 36.2 Å². The number of fused-ring (bicyclic) bond motifs is 1. The zero-order valence-corrected chi connectivity index (χ0v) is 19.8. The molecule has 178 valence electrons. The maximum Gasteiger partial charge on any atom is 0.253 e. The Balaban J connectivity index is 1.70. The molecule has 0 bridgehead atoms. The molecule has 0 aliphatic heterocycles. The third-order valence-corrected chi connectivity index (χ3v) is 6.00. The van der Waals surface area contributed by atoms with Gasteiger partial charge in [-0.25, -0.2) is 4.98 Å². The number of methoxy groups -OCH3 is 1. The number of hydrogen-bond donors (Lipinski definition) is 2. The van der Waals surface area contributed by atoms with Gasteiger partial charge < -0.3 is 19.9 Å². The summed E-state index contributed by atoms with van der Waals surface area (Å²) in [5, 5.41) is 5.88. The van der Waals surface area contributed by atoms with Crippen LogP contribution in [0.3, 0.4) is 0 Å². The predicted molar refractivity (Wildman–Crippen MR) is 133 cm³/mol. The molecule has 0 radical (unpaired) electrons. The van der Waals surface area contributed by atoms with E-state index in [9.17, 15) is 9.59 Å². The zero-order chi connectivity index (χ0) is 23.9. The number of imidazole rings is 1. The number of ether oxygens (including phenoxy) is 1. The number of carbonyl (C=O) groups excluding carboxylic acids is 2. The van der Waals surface area contributed by atoms with E-state index < -0.39 is 0 Å². The number of carbonyl (C=O) groups is 2. The molecular formula is C26H31N5O3. The van der Waals surface area contributed by atoms with Gasteiger partial charge in [0.15, 0.2) is 0 Å². The van der Waals surface area contributed by atoms with Crippen molar-refractivity contribution in [3.63, 3.8) is 0 Å². The van der Waals surface area contributed by atoms with Gasteiger partial charge in [0.25, 0.3) is 5.91 Å². The standard InChI is InChI=1S/C26H31N5O3/c1-3-31-24-21(26(33)28-13-11-18-8-5-4-6-9-18)14-20(29-23(32)17-34-2)15-22(24)30-25(31)19-10-7-12-27-16-19/h7-8,10,12,14-16H,3-6,9,11,13,17H2,1-2H3,(H,28,33)(H,29,32). The third-order valence-electron chi connectivity index (χ3n) is 6.00. The van der Waals surface area contributed by atoms with Gasteiger partial charge in [-0.2, -0.15) is 0 Å². The Morgan fingerprint density at radius 2 is 2.12 bits per heavy atom. The molecule has 4 rings (SSSR count). The summed E-state index contributed by atoms with van der Waals surface area (Å²) >= 11 is 0. The number of anilines is 1. The van der Waals surface area contributed by atoms with Gasteiger partial charge in [0.1, 0.15) is 12.4 Å². The molecule has 34 heavy (non-hydrogen) atoms. The van der Waals surface area contributed by atoms with Crippen molar-refractivity contribution in [1.29, 1.82) is 0 Å². The highest BCUT2D eigenvalue weighted by atomic mass is 16.5. The van der Waals surface area contributed by atoms with E-state index in [4.69, 9.17) is 9.72 Å². The van der Waals surface area contributed by atoms with Crippen molar-refractivity contribution in [2.24, 2.45) is 0 Å². The highest BCUT2D eigenvalue weighted by molar-refractivity contribution is 6.08. The lowest BCUT2D eigenvalue weighted by Gasteiger charge is -2.14. The summed E-state index contributed by atoms with van der Waals surface area (Å²) in [4.78, 5) is 34.5. The number of aryl methyl sites for hydroxylation is 1. The first-order chi connectivity index (χ1) is 16.6. The van der Waals surface area contributed by atoms with Gasteiger partial charge in [-0.15, -0.1) is 0 Å². The average Bonchev–Trinajstić information content (AvgIpc) is 3.23. The molecule has 2 heterocycles. The molecule has 1 aromatic carbocycles.